The number of rotatable bonds is 6. The maximum Gasteiger partial charge on any atom is 0.126 e. The van der Waals surface area contributed by atoms with Gasteiger partial charge in [0.25, 0.3) is 0 Å². The van der Waals surface area contributed by atoms with Crippen molar-refractivity contribution >= 4 is 27.5 Å². The molecule has 1 atom stereocenters. The predicted octanol–water partition coefficient (Wildman–Crippen LogP) is 5.38. The molecule has 0 fully saturated rings. The Morgan fingerprint density at radius 1 is 1.15 bits per heavy atom. The Balaban J connectivity index is 1.93. The molecule has 2 rings (SSSR count). The van der Waals surface area contributed by atoms with Gasteiger partial charge in [0.1, 0.15) is 11.6 Å². The first kappa shape index (κ1) is 15.3. The molecule has 0 amide bonds. The molecule has 0 aliphatic rings. The van der Waals surface area contributed by atoms with Gasteiger partial charge < -0.3 is 4.74 Å². The van der Waals surface area contributed by atoms with Crippen LogP contribution in [0.4, 0.5) is 4.39 Å². The van der Waals surface area contributed by atoms with Crippen molar-refractivity contribution in [3.63, 3.8) is 0 Å². The highest BCUT2D eigenvalue weighted by atomic mass is 79.9. The van der Waals surface area contributed by atoms with Gasteiger partial charge in [-0.15, -0.1) is 11.6 Å². The largest absolute Gasteiger partial charge is 0.494 e. The van der Waals surface area contributed by atoms with E-state index in [0.717, 1.165) is 10.2 Å². The Hall–Kier alpha value is -1.06. The minimum atomic E-state index is -0.208. The first-order chi connectivity index (χ1) is 9.70. The first-order valence-corrected chi connectivity index (χ1v) is 7.72. The van der Waals surface area contributed by atoms with Crippen molar-refractivity contribution < 1.29 is 9.13 Å². The van der Waals surface area contributed by atoms with Gasteiger partial charge in [0.05, 0.1) is 6.61 Å². The van der Waals surface area contributed by atoms with Crippen LogP contribution in [-0.4, -0.2) is 12.5 Å². The van der Waals surface area contributed by atoms with E-state index >= 15 is 0 Å². The zero-order valence-electron chi connectivity index (χ0n) is 10.9. The average molecular weight is 358 g/mol. The van der Waals surface area contributed by atoms with Crippen LogP contribution in [0, 0.1) is 5.82 Å². The lowest BCUT2D eigenvalue weighted by atomic mass is 9.97. The molecule has 0 aliphatic heterocycles. The second-order valence-electron chi connectivity index (χ2n) is 4.47. The summed E-state index contributed by atoms with van der Waals surface area (Å²) >= 11 is 9.34. The summed E-state index contributed by atoms with van der Waals surface area (Å²) in [5.74, 6) is 0.926. The van der Waals surface area contributed by atoms with E-state index in [1.165, 1.54) is 6.07 Å². The summed E-state index contributed by atoms with van der Waals surface area (Å²) in [6.07, 6.45) is 0.678. The molecular weight excluding hydrogens is 343 g/mol. The molecule has 1 nitrogen and oxygen atoms in total. The standard InChI is InChI=1S/C16H15BrClFO/c17-13-4-3-5-14(10-13)20-9-8-12(11-18)15-6-1-2-7-16(15)19/h1-7,10,12H,8-9,11H2. The van der Waals surface area contributed by atoms with Crippen molar-refractivity contribution in [1.82, 2.24) is 0 Å². The van der Waals surface area contributed by atoms with Crippen LogP contribution in [-0.2, 0) is 0 Å². The van der Waals surface area contributed by atoms with E-state index in [0.29, 0.717) is 24.5 Å². The molecule has 0 heterocycles. The number of benzene rings is 2. The number of hydrogen-bond acceptors (Lipinski definition) is 1. The highest BCUT2D eigenvalue weighted by Crippen LogP contribution is 2.25. The molecule has 2 aromatic rings. The second-order valence-corrected chi connectivity index (χ2v) is 5.69. The summed E-state index contributed by atoms with van der Waals surface area (Å²) in [5.41, 5.74) is 0.653. The summed E-state index contributed by atoms with van der Waals surface area (Å²) in [6.45, 7) is 0.502. The number of ether oxygens (including phenoxy) is 1. The third kappa shape index (κ3) is 4.22. The maximum absolute atomic E-state index is 13.7. The zero-order chi connectivity index (χ0) is 14.4. The molecule has 2 aromatic carbocycles. The maximum atomic E-state index is 13.7. The molecule has 0 aromatic heterocycles. The lowest BCUT2D eigenvalue weighted by Gasteiger charge is -2.15. The molecule has 0 saturated heterocycles. The van der Waals surface area contributed by atoms with Crippen molar-refractivity contribution in [2.24, 2.45) is 0 Å². The smallest absolute Gasteiger partial charge is 0.126 e. The number of hydrogen-bond donors (Lipinski definition) is 0. The van der Waals surface area contributed by atoms with Gasteiger partial charge in [-0.1, -0.05) is 40.2 Å². The van der Waals surface area contributed by atoms with E-state index in [1.807, 2.05) is 30.3 Å². The Morgan fingerprint density at radius 3 is 2.65 bits per heavy atom. The highest BCUT2D eigenvalue weighted by molar-refractivity contribution is 9.10. The number of halogens is 3. The van der Waals surface area contributed by atoms with E-state index in [1.54, 1.807) is 12.1 Å². The summed E-state index contributed by atoms with van der Waals surface area (Å²) in [6, 6.07) is 14.4. The fraction of sp³-hybridized carbons (Fsp3) is 0.250. The van der Waals surface area contributed by atoms with Crippen LogP contribution in [0.5, 0.6) is 5.75 Å². The lowest BCUT2D eigenvalue weighted by molar-refractivity contribution is 0.300. The van der Waals surface area contributed by atoms with Crippen molar-refractivity contribution in [2.75, 3.05) is 12.5 Å². The minimum absolute atomic E-state index is 0.0370. The van der Waals surface area contributed by atoms with E-state index < -0.39 is 0 Å². The summed E-state index contributed by atoms with van der Waals surface area (Å²) in [7, 11) is 0. The quantitative estimate of drug-likeness (QED) is 0.631. The monoisotopic (exact) mass is 356 g/mol. The molecule has 20 heavy (non-hydrogen) atoms. The van der Waals surface area contributed by atoms with Crippen LogP contribution >= 0.6 is 27.5 Å². The topological polar surface area (TPSA) is 9.23 Å². The normalized spacial score (nSPS) is 12.2. The van der Waals surface area contributed by atoms with E-state index in [9.17, 15) is 4.39 Å². The van der Waals surface area contributed by atoms with Crippen molar-refractivity contribution in [3.8, 4) is 5.75 Å². The van der Waals surface area contributed by atoms with E-state index in [4.69, 9.17) is 16.3 Å². The van der Waals surface area contributed by atoms with Gasteiger partial charge in [-0.25, -0.2) is 4.39 Å². The Bertz CT molecular complexity index is 562. The van der Waals surface area contributed by atoms with Gasteiger partial charge in [-0.2, -0.15) is 0 Å². The average Bonchev–Trinajstić information content (AvgIpc) is 2.45. The number of alkyl halides is 1. The van der Waals surface area contributed by atoms with Crippen molar-refractivity contribution in [3.05, 3.63) is 64.4 Å². The molecule has 4 heteroatoms. The van der Waals surface area contributed by atoms with Crippen LogP contribution in [0.3, 0.4) is 0 Å². The third-order valence-electron chi connectivity index (χ3n) is 3.06. The Morgan fingerprint density at radius 2 is 1.95 bits per heavy atom. The van der Waals surface area contributed by atoms with E-state index in [-0.39, 0.29) is 11.7 Å². The molecule has 0 spiro atoms. The van der Waals surface area contributed by atoms with Gasteiger partial charge >= 0.3 is 0 Å². The third-order valence-corrected chi connectivity index (χ3v) is 3.93. The fourth-order valence-electron chi connectivity index (χ4n) is 2.00. The molecule has 106 valence electrons. The van der Waals surface area contributed by atoms with Gasteiger partial charge in [0, 0.05) is 16.3 Å². The molecule has 0 bridgehead atoms. The van der Waals surface area contributed by atoms with Crippen LogP contribution in [0.1, 0.15) is 17.9 Å². The van der Waals surface area contributed by atoms with Gasteiger partial charge in [0.2, 0.25) is 0 Å². The van der Waals surface area contributed by atoms with Crippen LogP contribution in [0.15, 0.2) is 53.0 Å². The van der Waals surface area contributed by atoms with Gasteiger partial charge in [0.15, 0.2) is 0 Å². The Labute approximate surface area is 131 Å². The van der Waals surface area contributed by atoms with Gasteiger partial charge in [-0.05, 0) is 36.2 Å². The summed E-state index contributed by atoms with van der Waals surface area (Å²) < 4.78 is 20.4. The van der Waals surface area contributed by atoms with Gasteiger partial charge in [-0.3, -0.25) is 0 Å². The van der Waals surface area contributed by atoms with Crippen LogP contribution in [0.25, 0.3) is 0 Å². The summed E-state index contributed by atoms with van der Waals surface area (Å²) in [4.78, 5) is 0. The SMILES string of the molecule is Fc1ccccc1C(CCl)CCOc1cccc(Br)c1. The minimum Gasteiger partial charge on any atom is -0.494 e. The van der Waals surface area contributed by atoms with Crippen LogP contribution < -0.4 is 4.74 Å². The zero-order valence-corrected chi connectivity index (χ0v) is 13.2. The second kappa shape index (κ2) is 7.65. The molecule has 0 aliphatic carbocycles. The molecule has 1 unspecified atom stereocenters. The lowest BCUT2D eigenvalue weighted by Crippen LogP contribution is -2.09. The molecule has 0 radical (unpaired) electrons. The summed E-state index contributed by atoms with van der Waals surface area (Å²) in [5, 5.41) is 0. The highest BCUT2D eigenvalue weighted by Gasteiger charge is 2.14. The van der Waals surface area contributed by atoms with E-state index in [2.05, 4.69) is 15.9 Å². The molecule has 0 N–H and O–H groups in total. The molecule has 0 saturated carbocycles. The van der Waals surface area contributed by atoms with Crippen molar-refractivity contribution in [2.45, 2.75) is 12.3 Å². The fourth-order valence-corrected chi connectivity index (χ4v) is 2.70. The molecular formula is C16H15BrClFO. The first-order valence-electron chi connectivity index (χ1n) is 6.39. The van der Waals surface area contributed by atoms with Crippen LogP contribution in [0.2, 0.25) is 0 Å². The predicted molar refractivity (Wildman–Crippen MR) is 84.1 cm³/mol. The Kier molecular flexibility index (Phi) is 5.86. The van der Waals surface area contributed by atoms with Crippen molar-refractivity contribution in [1.29, 1.82) is 0 Å².